The highest BCUT2D eigenvalue weighted by Crippen LogP contribution is 2.28. The van der Waals surface area contributed by atoms with Crippen LogP contribution in [0.4, 0.5) is 8.78 Å². The van der Waals surface area contributed by atoms with Crippen molar-refractivity contribution in [1.29, 1.82) is 0 Å². The summed E-state index contributed by atoms with van der Waals surface area (Å²) in [5.74, 6) is -0.414. The molecule has 0 saturated carbocycles. The van der Waals surface area contributed by atoms with Crippen LogP contribution in [0, 0.1) is 17.6 Å². The topological polar surface area (TPSA) is 21.3 Å². The monoisotopic (exact) mass is 257 g/mol. The average Bonchev–Trinajstić information content (AvgIpc) is 2.31. The molecule has 1 rings (SSSR count). The number of benzene rings is 1. The molecule has 2 nitrogen and oxygen atoms in total. The van der Waals surface area contributed by atoms with Crippen LogP contribution in [0.25, 0.3) is 0 Å². The Morgan fingerprint density at radius 2 is 1.72 bits per heavy atom. The fraction of sp³-hybridized carbons (Fsp3) is 0.571. The van der Waals surface area contributed by atoms with E-state index in [1.165, 1.54) is 19.2 Å². The lowest BCUT2D eigenvalue weighted by Gasteiger charge is -2.19. The van der Waals surface area contributed by atoms with Crippen molar-refractivity contribution in [2.24, 2.45) is 5.92 Å². The summed E-state index contributed by atoms with van der Waals surface area (Å²) in [5.41, 5.74) is 0.0963. The lowest BCUT2D eigenvalue weighted by Crippen LogP contribution is -2.20. The van der Waals surface area contributed by atoms with Crippen LogP contribution in [0.1, 0.15) is 38.3 Å². The molecule has 0 aromatic heterocycles. The third-order valence-corrected chi connectivity index (χ3v) is 3.02. The van der Waals surface area contributed by atoms with Crippen molar-refractivity contribution in [2.75, 3.05) is 14.2 Å². The van der Waals surface area contributed by atoms with E-state index in [0.29, 0.717) is 12.3 Å². The van der Waals surface area contributed by atoms with E-state index in [0.717, 1.165) is 6.42 Å². The van der Waals surface area contributed by atoms with Crippen molar-refractivity contribution < 1.29 is 13.5 Å². The molecule has 1 atom stereocenters. The van der Waals surface area contributed by atoms with Gasteiger partial charge in [0, 0.05) is 23.7 Å². The molecule has 0 radical (unpaired) electrons. The highest BCUT2D eigenvalue weighted by molar-refractivity contribution is 5.32. The zero-order valence-corrected chi connectivity index (χ0v) is 11.4. The predicted molar refractivity (Wildman–Crippen MR) is 68.8 cm³/mol. The molecule has 0 spiro atoms. The van der Waals surface area contributed by atoms with E-state index in [4.69, 9.17) is 4.74 Å². The summed E-state index contributed by atoms with van der Waals surface area (Å²) < 4.78 is 32.6. The number of methoxy groups -OCH3 is 1. The minimum atomic E-state index is -0.560. The van der Waals surface area contributed by atoms with Crippen molar-refractivity contribution in [3.8, 4) is 5.75 Å². The fourth-order valence-corrected chi connectivity index (χ4v) is 1.94. The third kappa shape index (κ3) is 3.67. The summed E-state index contributed by atoms with van der Waals surface area (Å²) >= 11 is 0. The van der Waals surface area contributed by atoms with Gasteiger partial charge in [-0.15, -0.1) is 0 Å². The smallest absolute Gasteiger partial charge is 0.134 e. The molecule has 4 heteroatoms. The zero-order valence-electron chi connectivity index (χ0n) is 11.4. The Labute approximate surface area is 107 Å². The molecule has 0 aliphatic carbocycles. The molecule has 1 aromatic rings. The molecule has 102 valence electrons. The van der Waals surface area contributed by atoms with E-state index in [9.17, 15) is 8.78 Å². The second-order valence-corrected chi connectivity index (χ2v) is 4.82. The van der Waals surface area contributed by atoms with E-state index >= 15 is 0 Å². The van der Waals surface area contributed by atoms with Crippen molar-refractivity contribution in [2.45, 2.75) is 32.7 Å². The van der Waals surface area contributed by atoms with Crippen LogP contribution in [0.2, 0.25) is 0 Å². The van der Waals surface area contributed by atoms with Gasteiger partial charge < -0.3 is 10.1 Å². The van der Waals surface area contributed by atoms with Gasteiger partial charge in [0.25, 0.3) is 0 Å². The van der Waals surface area contributed by atoms with Crippen LogP contribution in [-0.2, 0) is 0 Å². The lowest BCUT2D eigenvalue weighted by molar-refractivity contribution is 0.396. The van der Waals surface area contributed by atoms with Gasteiger partial charge in [0.1, 0.15) is 17.4 Å². The average molecular weight is 257 g/mol. The molecule has 0 fully saturated rings. The van der Waals surface area contributed by atoms with Gasteiger partial charge in [-0.05, 0) is 25.8 Å². The summed E-state index contributed by atoms with van der Waals surface area (Å²) in [5, 5.41) is 2.97. The molecule has 18 heavy (non-hydrogen) atoms. The van der Waals surface area contributed by atoms with E-state index in [-0.39, 0.29) is 17.4 Å². The fourth-order valence-electron chi connectivity index (χ4n) is 1.94. The number of hydrogen-bond acceptors (Lipinski definition) is 2. The van der Waals surface area contributed by atoms with Gasteiger partial charge in [0.05, 0.1) is 7.11 Å². The van der Waals surface area contributed by atoms with E-state index in [2.05, 4.69) is 19.2 Å². The van der Waals surface area contributed by atoms with Crippen molar-refractivity contribution >= 4 is 0 Å². The number of nitrogens with one attached hydrogen (secondary N) is 1. The third-order valence-electron chi connectivity index (χ3n) is 3.02. The largest absolute Gasteiger partial charge is 0.497 e. The number of ether oxygens (including phenoxy) is 1. The maximum Gasteiger partial charge on any atom is 0.134 e. The van der Waals surface area contributed by atoms with Gasteiger partial charge in [-0.3, -0.25) is 0 Å². The van der Waals surface area contributed by atoms with Gasteiger partial charge in [0.2, 0.25) is 0 Å². The maximum atomic E-state index is 13.9. The highest BCUT2D eigenvalue weighted by Gasteiger charge is 2.20. The molecule has 0 bridgehead atoms. The van der Waals surface area contributed by atoms with Crippen LogP contribution in [0.3, 0.4) is 0 Å². The Kier molecular flexibility index (Phi) is 5.54. The van der Waals surface area contributed by atoms with Crippen LogP contribution in [-0.4, -0.2) is 14.2 Å². The number of halogens is 2. The Hall–Kier alpha value is -1.16. The summed E-state index contributed by atoms with van der Waals surface area (Å²) in [7, 11) is 3.11. The SMILES string of the molecule is CNC(CCC(C)C)c1c(F)cc(OC)cc1F. The van der Waals surface area contributed by atoms with E-state index < -0.39 is 11.6 Å². The Morgan fingerprint density at radius 1 is 1.17 bits per heavy atom. The van der Waals surface area contributed by atoms with Crippen LogP contribution < -0.4 is 10.1 Å². The first kappa shape index (κ1) is 14.9. The second kappa shape index (κ2) is 6.69. The summed E-state index contributed by atoms with van der Waals surface area (Å²) in [6, 6.07) is 2.13. The minimum absolute atomic E-state index is 0.0963. The molecular weight excluding hydrogens is 236 g/mol. The molecule has 0 heterocycles. The molecule has 0 aliphatic rings. The van der Waals surface area contributed by atoms with Gasteiger partial charge in [0.15, 0.2) is 0 Å². The summed E-state index contributed by atoms with van der Waals surface area (Å²) in [4.78, 5) is 0. The molecule has 0 amide bonds. The van der Waals surface area contributed by atoms with Gasteiger partial charge in [-0.1, -0.05) is 13.8 Å². The summed E-state index contributed by atoms with van der Waals surface area (Å²) in [6.45, 7) is 4.18. The molecule has 1 N–H and O–H groups in total. The summed E-state index contributed by atoms with van der Waals surface area (Å²) in [6.07, 6.45) is 1.62. The minimum Gasteiger partial charge on any atom is -0.497 e. The standard InChI is InChI=1S/C14H21F2NO/c1-9(2)5-6-13(17-3)14-11(15)7-10(18-4)8-12(14)16/h7-9,13,17H,5-6H2,1-4H3. The molecule has 0 saturated heterocycles. The van der Waals surface area contributed by atoms with E-state index in [1.807, 2.05) is 0 Å². The quantitative estimate of drug-likeness (QED) is 0.839. The first-order chi connectivity index (χ1) is 8.49. The Bertz CT molecular complexity index is 370. The molecule has 1 aromatic carbocycles. The Morgan fingerprint density at radius 3 is 2.11 bits per heavy atom. The van der Waals surface area contributed by atoms with Crippen LogP contribution >= 0.6 is 0 Å². The van der Waals surface area contributed by atoms with Crippen LogP contribution in [0.5, 0.6) is 5.75 Å². The second-order valence-electron chi connectivity index (χ2n) is 4.82. The Balaban J connectivity index is 2.98. The molecule has 1 unspecified atom stereocenters. The van der Waals surface area contributed by atoms with E-state index in [1.54, 1.807) is 7.05 Å². The maximum absolute atomic E-state index is 13.9. The van der Waals surface area contributed by atoms with Crippen molar-refractivity contribution in [3.05, 3.63) is 29.3 Å². The first-order valence-electron chi connectivity index (χ1n) is 6.19. The van der Waals surface area contributed by atoms with Crippen molar-refractivity contribution in [3.63, 3.8) is 0 Å². The van der Waals surface area contributed by atoms with Gasteiger partial charge in [-0.2, -0.15) is 0 Å². The molecular formula is C14H21F2NO. The lowest BCUT2D eigenvalue weighted by atomic mass is 9.97. The van der Waals surface area contributed by atoms with Crippen molar-refractivity contribution in [1.82, 2.24) is 5.32 Å². The van der Waals surface area contributed by atoms with Gasteiger partial charge >= 0.3 is 0 Å². The van der Waals surface area contributed by atoms with Gasteiger partial charge in [-0.25, -0.2) is 8.78 Å². The normalized spacial score (nSPS) is 12.8. The highest BCUT2D eigenvalue weighted by atomic mass is 19.1. The number of hydrogen-bond donors (Lipinski definition) is 1. The zero-order chi connectivity index (χ0) is 13.7. The number of rotatable bonds is 6. The predicted octanol–water partition coefficient (Wildman–Crippen LogP) is 3.67. The van der Waals surface area contributed by atoms with Crippen LogP contribution in [0.15, 0.2) is 12.1 Å². The molecule has 0 aliphatic heterocycles. The first-order valence-corrected chi connectivity index (χ1v) is 6.19.